The lowest BCUT2D eigenvalue weighted by molar-refractivity contribution is -0.135. The van der Waals surface area contributed by atoms with Gasteiger partial charge in [0.05, 0.1) is 4.90 Å². The van der Waals surface area contributed by atoms with Crippen molar-refractivity contribution >= 4 is 15.9 Å². The van der Waals surface area contributed by atoms with Crippen LogP contribution in [-0.2, 0) is 14.8 Å². The van der Waals surface area contributed by atoms with E-state index in [1.807, 2.05) is 65.5 Å². The quantitative estimate of drug-likeness (QED) is 0.520. The number of amides is 1. The van der Waals surface area contributed by atoms with Gasteiger partial charge in [0.25, 0.3) is 0 Å². The Morgan fingerprint density at radius 1 is 0.941 bits per heavy atom. The molecule has 1 saturated carbocycles. The Morgan fingerprint density at radius 2 is 1.38 bits per heavy atom. The number of piperidine rings is 1. The second-order valence-electron chi connectivity index (χ2n) is 13.2. The zero-order chi connectivity index (χ0) is 26.0. The summed E-state index contributed by atoms with van der Waals surface area (Å²) in [5.41, 5.74) is 2.54. The molecule has 0 spiro atoms. The van der Waals surface area contributed by atoms with Gasteiger partial charge in [0.15, 0.2) is 0 Å². The summed E-state index contributed by atoms with van der Waals surface area (Å²) in [7, 11) is -3.93. The number of sulfonamides is 1. The summed E-state index contributed by atoms with van der Waals surface area (Å²) >= 11 is 0. The second kappa shape index (κ2) is 8.92. The van der Waals surface area contributed by atoms with E-state index in [9.17, 15) is 13.2 Å². The summed E-state index contributed by atoms with van der Waals surface area (Å²) in [6.45, 7) is 24.2. The van der Waals surface area contributed by atoms with Crippen molar-refractivity contribution in [2.75, 3.05) is 13.1 Å². The molecule has 0 aromatic heterocycles. The van der Waals surface area contributed by atoms with E-state index in [2.05, 4.69) is 32.4 Å². The number of nitrogens with one attached hydrogen (secondary N) is 1. The average molecular weight is 491 g/mol. The summed E-state index contributed by atoms with van der Waals surface area (Å²) in [6, 6.07) is 3.27. The standard InChI is InChI=1S/C28H46N2O3S/c1-16(2)19-12-20(17(3)4)24(21(13-19)18(5)6)34(32,33)29-25(27(7,8)9)26(31)30-14-22-23(15-30)28(22,10)11/h12-13,16-18,22-23,25,29H,14-15H2,1-11H3/t22-,23+,25-/m1/s1. The first-order valence-corrected chi connectivity index (χ1v) is 14.4. The molecular formula is C28H46N2O3S. The van der Waals surface area contributed by atoms with E-state index >= 15 is 0 Å². The van der Waals surface area contributed by atoms with Crippen molar-refractivity contribution in [2.45, 2.75) is 105 Å². The molecule has 2 fully saturated rings. The Kier molecular flexibility index (Phi) is 7.13. The highest BCUT2D eigenvalue weighted by Gasteiger charge is 2.63. The molecule has 3 rings (SSSR count). The first kappa shape index (κ1) is 27.2. The van der Waals surface area contributed by atoms with E-state index in [0.29, 0.717) is 28.1 Å². The molecule has 0 unspecified atom stereocenters. The topological polar surface area (TPSA) is 66.5 Å². The molecule has 1 heterocycles. The zero-order valence-corrected chi connectivity index (χ0v) is 23.9. The highest BCUT2D eigenvalue weighted by atomic mass is 32.2. The summed E-state index contributed by atoms with van der Waals surface area (Å²) in [5, 5.41) is 0. The predicted molar refractivity (Wildman–Crippen MR) is 140 cm³/mol. The SMILES string of the molecule is CC(C)c1cc(C(C)C)c(S(=O)(=O)N[C@H](C(=O)N2C[C@@H]3[C@H](C2)C3(C)C)C(C)(C)C)c(C(C)C)c1. The van der Waals surface area contributed by atoms with Crippen LogP contribution in [0.4, 0.5) is 0 Å². The smallest absolute Gasteiger partial charge is 0.241 e. The Labute approximate surface area is 208 Å². The van der Waals surface area contributed by atoms with Crippen molar-refractivity contribution in [3.63, 3.8) is 0 Å². The molecule has 34 heavy (non-hydrogen) atoms. The van der Waals surface area contributed by atoms with Crippen molar-refractivity contribution in [3.8, 4) is 0 Å². The molecule has 2 aliphatic rings. The second-order valence-corrected chi connectivity index (χ2v) is 14.8. The molecule has 1 aliphatic carbocycles. The van der Waals surface area contributed by atoms with Crippen LogP contribution in [0.15, 0.2) is 17.0 Å². The van der Waals surface area contributed by atoms with Crippen LogP contribution in [0.5, 0.6) is 0 Å². The lowest BCUT2D eigenvalue weighted by Crippen LogP contribution is -2.55. The molecular weight excluding hydrogens is 444 g/mol. The van der Waals surface area contributed by atoms with E-state index in [1.165, 1.54) is 0 Å². The van der Waals surface area contributed by atoms with Gasteiger partial charge in [-0.15, -0.1) is 0 Å². The molecule has 192 valence electrons. The van der Waals surface area contributed by atoms with E-state index in [-0.39, 0.29) is 17.7 Å². The lowest BCUT2D eigenvalue weighted by Gasteiger charge is -2.35. The molecule has 1 aromatic rings. The van der Waals surface area contributed by atoms with Crippen LogP contribution < -0.4 is 4.72 Å². The first-order valence-electron chi connectivity index (χ1n) is 12.9. The van der Waals surface area contributed by atoms with Gasteiger partial charge in [0.1, 0.15) is 6.04 Å². The number of hydrogen-bond acceptors (Lipinski definition) is 3. The van der Waals surface area contributed by atoms with Crippen LogP contribution in [0.25, 0.3) is 0 Å². The van der Waals surface area contributed by atoms with Gasteiger partial charge in [-0.3, -0.25) is 4.79 Å². The normalized spacial score (nSPS) is 23.1. The highest BCUT2D eigenvalue weighted by molar-refractivity contribution is 7.89. The molecule has 6 heteroatoms. The minimum atomic E-state index is -3.93. The van der Waals surface area contributed by atoms with Crippen molar-refractivity contribution in [1.82, 2.24) is 9.62 Å². The summed E-state index contributed by atoms with van der Waals surface area (Å²) < 4.78 is 31.0. The van der Waals surface area contributed by atoms with Gasteiger partial charge in [-0.25, -0.2) is 8.42 Å². The molecule has 0 bridgehead atoms. The van der Waals surface area contributed by atoms with Gasteiger partial charge >= 0.3 is 0 Å². The predicted octanol–water partition coefficient (Wildman–Crippen LogP) is 5.86. The maximum absolute atomic E-state index is 14.0. The van der Waals surface area contributed by atoms with Crippen LogP contribution in [0.2, 0.25) is 0 Å². The molecule has 3 atom stereocenters. The van der Waals surface area contributed by atoms with E-state index in [1.54, 1.807) is 0 Å². The Balaban J connectivity index is 2.02. The third-order valence-corrected chi connectivity index (χ3v) is 9.72. The van der Waals surface area contributed by atoms with Crippen molar-refractivity contribution in [2.24, 2.45) is 22.7 Å². The fraction of sp³-hybridized carbons (Fsp3) is 0.750. The summed E-state index contributed by atoms with van der Waals surface area (Å²) in [6.07, 6.45) is 0. The van der Waals surface area contributed by atoms with Crippen LogP contribution in [0, 0.1) is 22.7 Å². The largest absolute Gasteiger partial charge is 0.341 e. The first-order chi connectivity index (χ1) is 15.4. The minimum Gasteiger partial charge on any atom is -0.341 e. The van der Waals surface area contributed by atoms with E-state index < -0.39 is 21.5 Å². The molecule has 1 aliphatic heterocycles. The van der Waals surface area contributed by atoms with Gasteiger partial charge in [-0.2, -0.15) is 4.72 Å². The van der Waals surface area contributed by atoms with Gasteiger partial charge in [-0.1, -0.05) is 88.3 Å². The molecule has 0 radical (unpaired) electrons. The average Bonchev–Trinajstić information content (AvgIpc) is 3.05. The third-order valence-electron chi connectivity index (χ3n) is 8.17. The number of hydrogen-bond donors (Lipinski definition) is 1. The third kappa shape index (κ3) is 4.95. The highest BCUT2D eigenvalue weighted by Crippen LogP contribution is 2.62. The Morgan fingerprint density at radius 3 is 1.74 bits per heavy atom. The Bertz CT molecular complexity index is 1000. The maximum Gasteiger partial charge on any atom is 0.241 e. The number of benzene rings is 1. The molecule has 1 N–H and O–H groups in total. The van der Waals surface area contributed by atoms with Crippen molar-refractivity contribution < 1.29 is 13.2 Å². The van der Waals surface area contributed by atoms with Crippen LogP contribution in [0.3, 0.4) is 0 Å². The fourth-order valence-electron chi connectivity index (χ4n) is 5.51. The van der Waals surface area contributed by atoms with Crippen molar-refractivity contribution in [3.05, 3.63) is 28.8 Å². The van der Waals surface area contributed by atoms with Gasteiger partial charge < -0.3 is 4.90 Å². The monoisotopic (exact) mass is 490 g/mol. The van der Waals surface area contributed by atoms with E-state index in [4.69, 9.17) is 0 Å². The van der Waals surface area contributed by atoms with Gasteiger partial charge in [0.2, 0.25) is 15.9 Å². The van der Waals surface area contributed by atoms with E-state index in [0.717, 1.165) is 29.8 Å². The van der Waals surface area contributed by atoms with Crippen molar-refractivity contribution in [1.29, 1.82) is 0 Å². The van der Waals surface area contributed by atoms with Gasteiger partial charge in [0, 0.05) is 13.1 Å². The molecule has 1 saturated heterocycles. The van der Waals surface area contributed by atoms with Crippen LogP contribution in [-0.4, -0.2) is 38.4 Å². The number of carbonyl (C=O) groups excluding carboxylic acids is 1. The van der Waals surface area contributed by atoms with Crippen LogP contribution in [0.1, 0.15) is 111 Å². The molecule has 5 nitrogen and oxygen atoms in total. The number of likely N-dealkylation sites (tertiary alicyclic amines) is 1. The number of nitrogens with zero attached hydrogens (tertiary/aromatic N) is 1. The molecule has 1 amide bonds. The summed E-state index contributed by atoms with van der Waals surface area (Å²) in [4.78, 5) is 15.9. The fourth-order valence-corrected chi connectivity index (χ4v) is 7.60. The van der Waals surface area contributed by atoms with Gasteiger partial charge in [-0.05, 0) is 57.1 Å². The minimum absolute atomic E-state index is 0.0412. The number of carbonyl (C=O) groups is 1. The maximum atomic E-state index is 14.0. The summed E-state index contributed by atoms with van der Waals surface area (Å²) in [5.74, 6) is 1.33. The Hall–Kier alpha value is -1.40. The molecule has 1 aromatic carbocycles. The van der Waals surface area contributed by atoms with Crippen LogP contribution >= 0.6 is 0 Å². The number of fused-ring (bicyclic) bond motifs is 1. The zero-order valence-electron chi connectivity index (χ0n) is 23.1. The number of rotatable bonds is 7. The lowest BCUT2D eigenvalue weighted by atomic mass is 9.86.